The Hall–Kier alpha value is -4.59. The van der Waals surface area contributed by atoms with Crippen molar-refractivity contribution in [3.05, 3.63) is 89.5 Å². The van der Waals surface area contributed by atoms with Gasteiger partial charge in [0, 0.05) is 23.9 Å². The summed E-state index contributed by atoms with van der Waals surface area (Å²) in [5.41, 5.74) is 1.79. The van der Waals surface area contributed by atoms with E-state index in [1.807, 2.05) is 0 Å². The highest BCUT2D eigenvalue weighted by atomic mass is 16.5. The highest BCUT2D eigenvalue weighted by molar-refractivity contribution is 6.51. The summed E-state index contributed by atoms with van der Waals surface area (Å²) in [6, 6.07) is 19.2. The molecule has 2 N–H and O–H groups in total. The van der Waals surface area contributed by atoms with Gasteiger partial charge in [-0.1, -0.05) is 18.2 Å². The number of ether oxygens (including phenoxy) is 2. The van der Waals surface area contributed by atoms with E-state index in [4.69, 9.17) is 9.47 Å². The average Bonchev–Trinajstić information content (AvgIpc) is 3.13. The van der Waals surface area contributed by atoms with Crippen molar-refractivity contribution in [3.63, 3.8) is 0 Å². The molecule has 3 aromatic rings. The summed E-state index contributed by atoms with van der Waals surface area (Å²) in [7, 11) is 3.07. The van der Waals surface area contributed by atoms with E-state index < -0.39 is 17.7 Å². The number of nitrogens with one attached hydrogen (secondary N) is 1. The smallest absolute Gasteiger partial charge is 0.300 e. The molecule has 0 aromatic heterocycles. The van der Waals surface area contributed by atoms with E-state index in [1.165, 1.54) is 26.0 Å². The minimum atomic E-state index is -0.907. The Balaban J connectivity index is 1.89. The second-order valence-corrected chi connectivity index (χ2v) is 7.90. The molecule has 1 aliphatic rings. The number of hydrogen-bond donors (Lipinski definition) is 2. The molecule has 8 heteroatoms. The Labute approximate surface area is 202 Å². The Bertz CT molecular complexity index is 1310. The molecule has 4 rings (SSSR count). The van der Waals surface area contributed by atoms with Gasteiger partial charge in [-0.3, -0.25) is 19.3 Å². The van der Waals surface area contributed by atoms with Crippen LogP contribution < -0.4 is 19.7 Å². The van der Waals surface area contributed by atoms with Gasteiger partial charge in [0.25, 0.3) is 11.7 Å². The molecule has 3 aromatic carbocycles. The summed E-state index contributed by atoms with van der Waals surface area (Å²) < 4.78 is 10.4. The van der Waals surface area contributed by atoms with E-state index >= 15 is 0 Å². The lowest BCUT2D eigenvalue weighted by Crippen LogP contribution is -2.29. The van der Waals surface area contributed by atoms with Crippen LogP contribution in [-0.4, -0.2) is 36.9 Å². The fourth-order valence-corrected chi connectivity index (χ4v) is 4.04. The van der Waals surface area contributed by atoms with E-state index in [2.05, 4.69) is 5.32 Å². The molecule has 0 aliphatic carbocycles. The molecule has 2 amide bonds. The number of methoxy groups -OCH3 is 2. The third-order valence-electron chi connectivity index (χ3n) is 5.68. The number of aliphatic hydroxyl groups excluding tert-OH is 1. The monoisotopic (exact) mass is 472 g/mol. The number of nitrogens with zero attached hydrogens (tertiary/aromatic N) is 1. The van der Waals surface area contributed by atoms with E-state index in [-0.39, 0.29) is 17.2 Å². The Kier molecular flexibility index (Phi) is 6.55. The molecule has 1 aliphatic heterocycles. The highest BCUT2D eigenvalue weighted by Crippen LogP contribution is 2.43. The van der Waals surface area contributed by atoms with Gasteiger partial charge in [0.1, 0.15) is 17.3 Å². The van der Waals surface area contributed by atoms with Gasteiger partial charge in [-0.05, 0) is 60.2 Å². The van der Waals surface area contributed by atoms with Crippen molar-refractivity contribution in [1.82, 2.24) is 0 Å². The van der Waals surface area contributed by atoms with Gasteiger partial charge in [-0.15, -0.1) is 0 Å². The summed E-state index contributed by atoms with van der Waals surface area (Å²) in [4.78, 5) is 39.4. The number of amides is 2. The molecule has 0 spiro atoms. The lowest BCUT2D eigenvalue weighted by molar-refractivity contribution is -0.132. The normalized spacial score (nSPS) is 16.8. The number of rotatable bonds is 6. The lowest BCUT2D eigenvalue weighted by Gasteiger charge is -2.26. The third kappa shape index (κ3) is 4.59. The van der Waals surface area contributed by atoms with Gasteiger partial charge in [0.15, 0.2) is 0 Å². The first-order chi connectivity index (χ1) is 16.8. The van der Waals surface area contributed by atoms with E-state index in [1.54, 1.807) is 72.8 Å². The van der Waals surface area contributed by atoms with Crippen molar-refractivity contribution in [2.75, 3.05) is 24.4 Å². The fourth-order valence-electron chi connectivity index (χ4n) is 4.04. The maximum Gasteiger partial charge on any atom is 0.300 e. The number of anilines is 2. The van der Waals surface area contributed by atoms with E-state index in [0.717, 1.165) is 0 Å². The van der Waals surface area contributed by atoms with Crippen molar-refractivity contribution < 1.29 is 29.0 Å². The Morgan fingerprint density at radius 3 is 2.09 bits per heavy atom. The first-order valence-corrected chi connectivity index (χ1v) is 10.8. The standard InChI is InChI=1S/C27H24N2O6/c1-16(30)28-19-5-4-6-20(15-19)29-24(17-7-11-21(34-2)12-8-17)23(26(32)27(29)33)25(31)18-9-13-22(35-3)14-10-18/h4-15,24,31H,1-3H3,(H,28,30)/b25-23+. The van der Waals surface area contributed by atoms with Crippen molar-refractivity contribution >= 4 is 34.7 Å². The number of aliphatic hydroxyl groups is 1. The quantitative estimate of drug-likeness (QED) is 0.315. The molecule has 0 bridgehead atoms. The Morgan fingerprint density at radius 2 is 1.51 bits per heavy atom. The maximum atomic E-state index is 13.3. The van der Waals surface area contributed by atoms with Crippen LogP contribution in [0.25, 0.3) is 5.76 Å². The summed E-state index contributed by atoms with van der Waals surface area (Å²) >= 11 is 0. The molecule has 1 fully saturated rings. The van der Waals surface area contributed by atoms with Gasteiger partial charge in [0.2, 0.25) is 5.91 Å². The molecule has 1 atom stereocenters. The van der Waals surface area contributed by atoms with Crippen LogP contribution in [0.5, 0.6) is 11.5 Å². The number of ketones is 1. The predicted molar refractivity (Wildman–Crippen MR) is 132 cm³/mol. The molecule has 8 nitrogen and oxygen atoms in total. The molecule has 1 unspecified atom stereocenters. The zero-order chi connectivity index (χ0) is 25.1. The third-order valence-corrected chi connectivity index (χ3v) is 5.68. The zero-order valence-electron chi connectivity index (χ0n) is 19.4. The average molecular weight is 472 g/mol. The van der Waals surface area contributed by atoms with Crippen molar-refractivity contribution in [2.45, 2.75) is 13.0 Å². The number of carbonyl (C=O) groups excluding carboxylic acids is 3. The number of carbonyl (C=O) groups is 3. The molecule has 0 saturated carbocycles. The fraction of sp³-hybridized carbons (Fsp3) is 0.148. The van der Waals surface area contributed by atoms with Crippen LogP contribution in [0.4, 0.5) is 11.4 Å². The van der Waals surface area contributed by atoms with Gasteiger partial charge in [0.05, 0.1) is 25.8 Å². The second-order valence-electron chi connectivity index (χ2n) is 7.90. The minimum absolute atomic E-state index is 0.0461. The van der Waals surface area contributed by atoms with Crippen LogP contribution in [0.15, 0.2) is 78.4 Å². The first kappa shape index (κ1) is 23.6. The van der Waals surface area contributed by atoms with Gasteiger partial charge in [-0.2, -0.15) is 0 Å². The Morgan fingerprint density at radius 1 is 0.914 bits per heavy atom. The van der Waals surface area contributed by atoms with Gasteiger partial charge < -0.3 is 19.9 Å². The maximum absolute atomic E-state index is 13.3. The van der Waals surface area contributed by atoms with Crippen LogP contribution >= 0.6 is 0 Å². The summed E-state index contributed by atoms with van der Waals surface area (Å²) in [5, 5.41) is 13.9. The van der Waals surface area contributed by atoms with Gasteiger partial charge in [-0.25, -0.2) is 0 Å². The molecule has 35 heavy (non-hydrogen) atoms. The minimum Gasteiger partial charge on any atom is -0.507 e. The number of benzene rings is 3. The molecule has 0 radical (unpaired) electrons. The molecule has 178 valence electrons. The zero-order valence-corrected chi connectivity index (χ0v) is 19.4. The van der Waals surface area contributed by atoms with E-state index in [0.29, 0.717) is 34.0 Å². The van der Waals surface area contributed by atoms with Gasteiger partial charge >= 0.3 is 0 Å². The van der Waals surface area contributed by atoms with Crippen LogP contribution in [0.3, 0.4) is 0 Å². The molecule has 1 saturated heterocycles. The van der Waals surface area contributed by atoms with Crippen LogP contribution in [-0.2, 0) is 14.4 Å². The van der Waals surface area contributed by atoms with Crippen LogP contribution in [0.2, 0.25) is 0 Å². The first-order valence-electron chi connectivity index (χ1n) is 10.8. The highest BCUT2D eigenvalue weighted by Gasteiger charge is 2.47. The van der Waals surface area contributed by atoms with Crippen molar-refractivity contribution in [3.8, 4) is 11.5 Å². The largest absolute Gasteiger partial charge is 0.507 e. The van der Waals surface area contributed by atoms with Crippen LogP contribution in [0, 0.1) is 0 Å². The topological polar surface area (TPSA) is 105 Å². The second kappa shape index (κ2) is 9.72. The van der Waals surface area contributed by atoms with Crippen LogP contribution in [0.1, 0.15) is 24.1 Å². The summed E-state index contributed by atoms with van der Waals surface area (Å²) in [6.07, 6.45) is 0. The predicted octanol–water partition coefficient (Wildman–Crippen LogP) is 4.29. The summed E-state index contributed by atoms with van der Waals surface area (Å²) in [6.45, 7) is 1.38. The molecular formula is C27H24N2O6. The van der Waals surface area contributed by atoms with Crippen molar-refractivity contribution in [2.24, 2.45) is 0 Å². The number of hydrogen-bond acceptors (Lipinski definition) is 6. The molecule has 1 heterocycles. The SMILES string of the molecule is COc1ccc(/C(O)=C2\C(=O)C(=O)N(c3cccc(NC(C)=O)c3)C2c2ccc(OC)cc2)cc1. The lowest BCUT2D eigenvalue weighted by atomic mass is 9.95. The number of Topliss-reactive ketones (excluding diaryl/α,β-unsaturated/α-hetero) is 1. The summed E-state index contributed by atoms with van der Waals surface area (Å²) in [5.74, 6) is -0.982. The molecular weight excluding hydrogens is 448 g/mol. The van der Waals surface area contributed by atoms with E-state index in [9.17, 15) is 19.5 Å². The van der Waals surface area contributed by atoms with Crippen molar-refractivity contribution in [1.29, 1.82) is 0 Å².